The highest BCUT2D eigenvalue weighted by molar-refractivity contribution is 5.67. The molecule has 0 saturated heterocycles. The molecule has 0 fully saturated rings. The van der Waals surface area contributed by atoms with Gasteiger partial charge in [0.2, 0.25) is 0 Å². The quantitative estimate of drug-likeness (QED) is 0.0620. The Morgan fingerprint density at radius 1 is 0.767 bits per heavy atom. The van der Waals surface area contributed by atoms with Crippen LogP contribution in [0.3, 0.4) is 0 Å². The van der Waals surface area contributed by atoms with Crippen LogP contribution in [0.1, 0.15) is 48.0 Å². The molecule has 0 bridgehead atoms. The van der Waals surface area contributed by atoms with Crippen LogP contribution in [-0.4, -0.2) is 145 Å². The van der Waals surface area contributed by atoms with Crippen LogP contribution in [0.2, 0.25) is 0 Å². The summed E-state index contributed by atoms with van der Waals surface area (Å²) >= 11 is 0. The molecule has 3 unspecified atom stereocenters. The minimum Gasteiger partial charge on any atom is -0.447 e. The van der Waals surface area contributed by atoms with Crippen LogP contribution in [0.25, 0.3) is 0 Å². The highest BCUT2D eigenvalue weighted by Gasteiger charge is 2.29. The van der Waals surface area contributed by atoms with E-state index in [-0.39, 0.29) is 63.1 Å². The molecule has 0 spiro atoms. The smallest absolute Gasteiger partial charge is 0.407 e. The lowest BCUT2D eigenvalue weighted by molar-refractivity contribution is -0.0779. The minimum atomic E-state index is -1.37. The molecule has 0 aromatic heterocycles. The molecule has 258 valence electrons. The summed E-state index contributed by atoms with van der Waals surface area (Å²) in [6.07, 6.45) is -5.39. The molecular weight excluding hydrogens is 562 g/mol. The number of rotatable bonds is 26. The molecule has 43 heavy (non-hydrogen) atoms. The largest absolute Gasteiger partial charge is 0.447 e. The molecule has 0 radical (unpaired) electrons. The zero-order valence-corrected chi connectivity index (χ0v) is 27.3. The van der Waals surface area contributed by atoms with Gasteiger partial charge in [-0.05, 0) is 36.0 Å². The summed E-state index contributed by atoms with van der Waals surface area (Å²) in [6.45, 7) is 15.4. The summed E-state index contributed by atoms with van der Waals surface area (Å²) < 4.78 is 16.3. The fraction of sp³-hybridized carbons (Fsp3) is 0.967. The first-order chi connectivity index (χ1) is 20.3. The molecule has 0 aromatic rings. The van der Waals surface area contributed by atoms with Gasteiger partial charge in [-0.25, -0.2) is 4.79 Å². The predicted molar refractivity (Wildman–Crippen MR) is 164 cm³/mol. The van der Waals surface area contributed by atoms with Gasteiger partial charge in [0.15, 0.2) is 0 Å². The zero-order valence-electron chi connectivity index (χ0n) is 27.3. The third-order valence-electron chi connectivity index (χ3n) is 8.02. The van der Waals surface area contributed by atoms with Gasteiger partial charge in [-0.15, -0.1) is 0 Å². The van der Waals surface area contributed by atoms with E-state index in [4.69, 9.17) is 25.1 Å². The van der Waals surface area contributed by atoms with Gasteiger partial charge in [-0.3, -0.25) is 0 Å². The maximum absolute atomic E-state index is 11.4. The van der Waals surface area contributed by atoms with Gasteiger partial charge in [-0.1, -0.05) is 41.5 Å². The van der Waals surface area contributed by atoms with Gasteiger partial charge >= 0.3 is 6.09 Å². The first-order valence-electron chi connectivity index (χ1n) is 15.7. The Morgan fingerprint density at radius 2 is 1.35 bits per heavy atom. The molecule has 0 aliphatic carbocycles. The third kappa shape index (κ3) is 19.1. The van der Waals surface area contributed by atoms with Crippen LogP contribution >= 0.6 is 0 Å². The molecule has 10 atom stereocenters. The Bertz CT molecular complexity index is 695. The molecule has 0 heterocycles. The van der Waals surface area contributed by atoms with E-state index < -0.39 is 30.5 Å². The van der Waals surface area contributed by atoms with Crippen molar-refractivity contribution in [2.24, 2.45) is 41.2 Å². The molecule has 0 rings (SSSR count). The van der Waals surface area contributed by atoms with Crippen LogP contribution in [-0.2, 0) is 14.2 Å². The number of ether oxygens (including phenoxy) is 3. The average Bonchev–Trinajstić information content (AvgIpc) is 2.97. The molecule has 0 aliphatic heterocycles. The Balaban J connectivity index is 4.81. The van der Waals surface area contributed by atoms with Crippen LogP contribution in [0.15, 0.2) is 0 Å². The first kappa shape index (κ1) is 41.9. The van der Waals surface area contributed by atoms with E-state index in [1.165, 1.54) is 0 Å². The van der Waals surface area contributed by atoms with Crippen LogP contribution in [0.4, 0.5) is 4.79 Å². The summed E-state index contributed by atoms with van der Waals surface area (Å²) in [5, 5.41) is 62.2. The topological polar surface area (TPSA) is 207 Å². The van der Waals surface area contributed by atoms with E-state index in [0.717, 1.165) is 0 Å². The first-order valence-corrected chi connectivity index (χ1v) is 15.7. The molecular formula is C30H63N3O10. The SMILES string of the molecule is CC(COCC(C)CN(C[C@H](C)[C@@H](C)[C@H](C)[C@H](C)CO)C[C@H](O)[C@@H](O)[C@H](O)CCO)COCC(O)COC(=O)NCCN. The monoisotopic (exact) mass is 625 g/mol. The van der Waals surface area contributed by atoms with E-state index in [1.54, 1.807) is 0 Å². The van der Waals surface area contributed by atoms with Crippen molar-refractivity contribution in [3.63, 3.8) is 0 Å². The van der Waals surface area contributed by atoms with Crippen LogP contribution < -0.4 is 11.1 Å². The van der Waals surface area contributed by atoms with Gasteiger partial charge in [0, 0.05) is 51.9 Å². The van der Waals surface area contributed by atoms with Crippen molar-refractivity contribution in [2.45, 2.75) is 72.4 Å². The number of amides is 1. The van der Waals surface area contributed by atoms with Crippen molar-refractivity contribution in [3.8, 4) is 0 Å². The van der Waals surface area contributed by atoms with E-state index >= 15 is 0 Å². The zero-order chi connectivity index (χ0) is 32.9. The predicted octanol–water partition coefficient (Wildman–Crippen LogP) is -0.359. The number of hydrogen-bond acceptors (Lipinski definition) is 12. The molecule has 0 aromatic carbocycles. The fourth-order valence-corrected chi connectivity index (χ4v) is 4.79. The van der Waals surface area contributed by atoms with Gasteiger partial charge in [0.25, 0.3) is 0 Å². The Kier molecular flexibility index (Phi) is 23.5. The van der Waals surface area contributed by atoms with Gasteiger partial charge in [0.1, 0.15) is 18.8 Å². The number of nitrogens with one attached hydrogen (secondary N) is 1. The molecule has 13 nitrogen and oxygen atoms in total. The maximum Gasteiger partial charge on any atom is 0.407 e. The number of carbonyl (C=O) groups is 1. The Hall–Kier alpha value is -1.13. The maximum atomic E-state index is 11.4. The lowest BCUT2D eigenvalue weighted by Crippen LogP contribution is -2.47. The summed E-state index contributed by atoms with van der Waals surface area (Å²) in [6, 6.07) is 0. The van der Waals surface area contributed by atoms with Crippen molar-refractivity contribution in [1.29, 1.82) is 0 Å². The summed E-state index contributed by atoms with van der Waals surface area (Å²) in [5.74, 6) is 1.16. The van der Waals surface area contributed by atoms with E-state index in [0.29, 0.717) is 57.8 Å². The minimum absolute atomic E-state index is 0.0203. The summed E-state index contributed by atoms with van der Waals surface area (Å²) in [5.41, 5.74) is 5.30. The van der Waals surface area contributed by atoms with E-state index in [1.807, 2.05) is 20.8 Å². The Labute approximate surface area is 258 Å². The highest BCUT2D eigenvalue weighted by atomic mass is 16.6. The number of hydrogen-bond donors (Lipinski definition) is 8. The number of nitrogens with two attached hydrogens (primary N) is 1. The lowest BCUT2D eigenvalue weighted by atomic mass is 9.78. The standard InChI is InChI=1S/C30H63N3O10/c1-20(15-41-16-21(2)17-42-18-26(36)19-43-30(40)32-9-8-31)11-33(13-28(38)29(39)27(37)7-10-34)12-22(3)24(5)25(6)23(4)14-35/h20-29,34-39H,7-19,31H2,1-6H3,(H,32,40)/t20?,21?,22-,23+,24+,25+,26?,27+,28-,29-/m0/s1. The normalized spacial score (nSPS) is 19.1. The van der Waals surface area contributed by atoms with E-state index in [2.05, 4.69) is 31.0 Å². The second-order valence-corrected chi connectivity index (χ2v) is 12.5. The van der Waals surface area contributed by atoms with Gasteiger partial charge in [-0.2, -0.15) is 0 Å². The number of aliphatic hydroxyl groups excluding tert-OH is 6. The molecule has 1 amide bonds. The van der Waals surface area contributed by atoms with Crippen molar-refractivity contribution < 1.29 is 49.6 Å². The molecule has 9 N–H and O–H groups in total. The number of carbonyl (C=O) groups excluding carboxylic acids is 1. The lowest BCUT2D eigenvalue weighted by Gasteiger charge is -2.36. The van der Waals surface area contributed by atoms with E-state index in [9.17, 15) is 30.3 Å². The Morgan fingerprint density at radius 3 is 1.93 bits per heavy atom. The summed E-state index contributed by atoms with van der Waals surface area (Å²) in [4.78, 5) is 13.5. The van der Waals surface area contributed by atoms with Gasteiger partial charge in [0.05, 0.1) is 38.6 Å². The van der Waals surface area contributed by atoms with Gasteiger partial charge < -0.3 is 60.8 Å². The van der Waals surface area contributed by atoms with Crippen LogP contribution in [0, 0.1) is 35.5 Å². The van der Waals surface area contributed by atoms with Crippen molar-refractivity contribution in [3.05, 3.63) is 0 Å². The second-order valence-electron chi connectivity index (χ2n) is 12.5. The van der Waals surface area contributed by atoms with Crippen molar-refractivity contribution in [2.75, 3.05) is 79.0 Å². The van der Waals surface area contributed by atoms with Crippen LogP contribution in [0.5, 0.6) is 0 Å². The molecule has 0 saturated carbocycles. The number of alkyl carbamates (subject to hydrolysis) is 1. The second kappa shape index (κ2) is 24.1. The fourth-order valence-electron chi connectivity index (χ4n) is 4.79. The summed E-state index contributed by atoms with van der Waals surface area (Å²) in [7, 11) is 0. The average molecular weight is 626 g/mol. The number of nitrogens with zero attached hydrogens (tertiary/aromatic N) is 1. The number of aliphatic hydroxyl groups is 6. The van der Waals surface area contributed by atoms with Crippen molar-refractivity contribution >= 4 is 6.09 Å². The molecule has 0 aliphatic rings. The third-order valence-corrected chi connectivity index (χ3v) is 8.02. The highest BCUT2D eigenvalue weighted by Crippen LogP contribution is 2.27. The molecule has 13 heteroatoms. The van der Waals surface area contributed by atoms with Crippen molar-refractivity contribution in [1.82, 2.24) is 10.2 Å².